The molecule has 7 nitrogen and oxygen atoms in total. The number of amides is 1. The van der Waals surface area contributed by atoms with Crippen LogP contribution >= 0.6 is 0 Å². The predicted octanol–water partition coefficient (Wildman–Crippen LogP) is 2.89. The minimum atomic E-state index is -3.86. The Balaban J connectivity index is 1.59. The monoisotopic (exact) mass is 446 g/mol. The van der Waals surface area contributed by atoms with Gasteiger partial charge in [-0.2, -0.15) is 0 Å². The van der Waals surface area contributed by atoms with Crippen LogP contribution in [-0.2, 0) is 21.2 Å². The highest BCUT2D eigenvalue weighted by molar-refractivity contribution is 7.89. The molecule has 4 rings (SSSR count). The van der Waals surface area contributed by atoms with Crippen LogP contribution in [0.15, 0.2) is 77.7 Å². The number of hydrogen-bond acceptors (Lipinski definition) is 4. The first kappa shape index (κ1) is 21.5. The average molecular weight is 447 g/mol. The molecule has 0 aliphatic carbocycles. The van der Waals surface area contributed by atoms with Gasteiger partial charge in [-0.3, -0.25) is 10.2 Å². The highest BCUT2D eigenvalue weighted by Gasteiger charge is 2.24. The molecule has 3 aromatic carbocycles. The van der Waals surface area contributed by atoms with Gasteiger partial charge in [-0.15, -0.1) is 0 Å². The maximum Gasteiger partial charge on any atom is 0.251 e. The summed E-state index contributed by atoms with van der Waals surface area (Å²) in [6.07, 6.45) is 3.86. The number of sulfonamides is 1. The van der Waals surface area contributed by atoms with Gasteiger partial charge >= 0.3 is 0 Å². The number of nitrogens with one attached hydrogen (secondary N) is 1. The molecule has 0 saturated carbocycles. The number of nitrogen functional groups attached to an aromatic ring is 1. The van der Waals surface area contributed by atoms with E-state index in [0.29, 0.717) is 24.1 Å². The van der Waals surface area contributed by atoms with Crippen LogP contribution in [0.25, 0.3) is 17.2 Å². The van der Waals surface area contributed by atoms with Gasteiger partial charge < -0.3 is 10.6 Å². The minimum Gasteiger partial charge on any atom is -0.384 e. The first-order valence-corrected chi connectivity index (χ1v) is 11.5. The quantitative estimate of drug-likeness (QED) is 0.316. The van der Waals surface area contributed by atoms with Gasteiger partial charge in [0.1, 0.15) is 5.84 Å². The van der Waals surface area contributed by atoms with E-state index in [4.69, 9.17) is 16.3 Å². The fourth-order valence-electron chi connectivity index (χ4n) is 3.82. The van der Waals surface area contributed by atoms with E-state index in [1.807, 2.05) is 18.2 Å². The Morgan fingerprint density at radius 2 is 1.81 bits per heavy atom. The van der Waals surface area contributed by atoms with Crippen LogP contribution in [0.5, 0.6) is 0 Å². The van der Waals surface area contributed by atoms with Gasteiger partial charge in [0.25, 0.3) is 5.91 Å². The molecule has 5 N–H and O–H groups in total. The van der Waals surface area contributed by atoms with Crippen molar-refractivity contribution in [3.8, 4) is 11.1 Å². The summed E-state index contributed by atoms with van der Waals surface area (Å²) in [5.41, 5.74) is 9.93. The van der Waals surface area contributed by atoms with E-state index in [1.165, 1.54) is 12.1 Å². The summed E-state index contributed by atoms with van der Waals surface area (Å²) < 4.78 is 23.9. The lowest BCUT2D eigenvalue weighted by Crippen LogP contribution is -2.26. The molecule has 0 spiro atoms. The molecule has 0 aromatic heterocycles. The zero-order chi connectivity index (χ0) is 22.9. The summed E-state index contributed by atoms with van der Waals surface area (Å²) >= 11 is 0. The molecule has 3 aromatic rings. The molecule has 0 radical (unpaired) electrons. The van der Waals surface area contributed by atoms with Crippen molar-refractivity contribution in [2.24, 2.45) is 10.9 Å². The molecular weight excluding hydrogens is 424 g/mol. The molecule has 0 fully saturated rings. The second kappa shape index (κ2) is 8.41. The van der Waals surface area contributed by atoms with Crippen molar-refractivity contribution >= 4 is 33.5 Å². The van der Waals surface area contributed by atoms with E-state index in [-0.39, 0.29) is 16.6 Å². The molecule has 0 atom stereocenters. The van der Waals surface area contributed by atoms with E-state index in [0.717, 1.165) is 22.4 Å². The van der Waals surface area contributed by atoms with E-state index in [9.17, 15) is 13.2 Å². The fraction of sp³-hybridized carbons (Fsp3) is 0.0833. The van der Waals surface area contributed by atoms with Gasteiger partial charge in [-0.1, -0.05) is 42.5 Å². The van der Waals surface area contributed by atoms with Crippen LogP contribution in [0.4, 0.5) is 5.69 Å². The van der Waals surface area contributed by atoms with Crippen LogP contribution in [0.2, 0.25) is 0 Å². The van der Waals surface area contributed by atoms with Crippen LogP contribution in [-0.4, -0.2) is 26.7 Å². The van der Waals surface area contributed by atoms with Gasteiger partial charge in [0.15, 0.2) is 0 Å². The highest BCUT2D eigenvalue weighted by Crippen LogP contribution is 2.34. The number of hydrogen-bond donors (Lipinski definition) is 3. The Kier molecular flexibility index (Phi) is 5.65. The van der Waals surface area contributed by atoms with Crippen molar-refractivity contribution in [1.82, 2.24) is 0 Å². The lowest BCUT2D eigenvalue weighted by molar-refractivity contribution is -0.114. The first-order valence-electron chi connectivity index (χ1n) is 9.93. The number of carbonyl (C=O) groups is 1. The lowest BCUT2D eigenvalue weighted by atomic mass is 10.0. The Labute approximate surface area is 186 Å². The van der Waals surface area contributed by atoms with Gasteiger partial charge in [0.05, 0.1) is 4.90 Å². The van der Waals surface area contributed by atoms with Gasteiger partial charge in [-0.25, -0.2) is 13.6 Å². The summed E-state index contributed by atoms with van der Waals surface area (Å²) in [5.74, 6) is -0.186. The van der Waals surface area contributed by atoms with Gasteiger partial charge in [-0.05, 0) is 53.5 Å². The molecule has 0 saturated heterocycles. The molecule has 1 heterocycles. The number of primary sulfonamides is 1. The smallest absolute Gasteiger partial charge is 0.251 e. The lowest BCUT2D eigenvalue weighted by Gasteiger charge is -2.16. The predicted molar refractivity (Wildman–Crippen MR) is 126 cm³/mol. The average Bonchev–Trinajstić information content (AvgIpc) is 3.20. The molecule has 0 unspecified atom stereocenters. The van der Waals surface area contributed by atoms with Crippen LogP contribution in [0.3, 0.4) is 0 Å². The van der Waals surface area contributed by atoms with Crippen LogP contribution in [0.1, 0.15) is 16.7 Å². The molecule has 32 heavy (non-hydrogen) atoms. The number of nitrogens with zero attached hydrogens (tertiary/aromatic N) is 1. The normalized spacial score (nSPS) is 13.3. The summed E-state index contributed by atoms with van der Waals surface area (Å²) in [7, 11) is -3.86. The minimum absolute atomic E-state index is 0.0279. The van der Waals surface area contributed by atoms with E-state index < -0.39 is 10.0 Å². The standard InChI is InChI=1S/C24H22N4O3S/c25-24(26)19-5-3-4-16(14-19)8-11-23(29)28-13-12-18-15-17(9-10-21(18)28)20-6-1-2-7-22(20)32(27,30)31/h1-11,14-15H,12-13H2,(H3,25,26)(H2,27,30,31)/b11-8-. The largest absolute Gasteiger partial charge is 0.384 e. The highest BCUT2D eigenvalue weighted by atomic mass is 32.2. The van der Waals surface area contributed by atoms with E-state index in [1.54, 1.807) is 53.4 Å². The van der Waals surface area contributed by atoms with Crippen LogP contribution < -0.4 is 15.8 Å². The number of fused-ring (bicyclic) bond motifs is 1. The van der Waals surface area contributed by atoms with E-state index >= 15 is 0 Å². The summed E-state index contributed by atoms with van der Waals surface area (Å²) in [6, 6.07) is 19.3. The maximum atomic E-state index is 12.8. The summed E-state index contributed by atoms with van der Waals surface area (Å²) in [5, 5.41) is 12.9. The second-order valence-corrected chi connectivity index (χ2v) is 9.03. The number of rotatable bonds is 5. The first-order chi connectivity index (χ1) is 15.2. The molecule has 162 valence electrons. The fourth-order valence-corrected chi connectivity index (χ4v) is 4.58. The zero-order valence-corrected chi connectivity index (χ0v) is 18.0. The Bertz CT molecular complexity index is 1360. The molecule has 1 aliphatic rings. The molecule has 8 heteroatoms. The number of benzene rings is 3. The van der Waals surface area contributed by atoms with Crippen molar-refractivity contribution in [2.75, 3.05) is 11.4 Å². The number of anilines is 1. The number of amidine groups is 1. The summed E-state index contributed by atoms with van der Waals surface area (Å²) in [4.78, 5) is 14.6. The zero-order valence-electron chi connectivity index (χ0n) is 17.2. The molecule has 1 aliphatic heterocycles. The van der Waals surface area contributed by atoms with Crippen molar-refractivity contribution in [3.05, 3.63) is 89.5 Å². The van der Waals surface area contributed by atoms with Crippen molar-refractivity contribution in [1.29, 1.82) is 5.41 Å². The number of carbonyl (C=O) groups excluding carboxylic acids is 1. The van der Waals surface area contributed by atoms with Crippen LogP contribution in [0, 0.1) is 5.41 Å². The number of nitrogens with two attached hydrogens (primary N) is 2. The SMILES string of the molecule is N=C(N)c1cccc(/C=C\C(=O)N2CCc3cc(-c4ccccc4S(N)(=O)=O)ccc32)c1. The Morgan fingerprint density at radius 3 is 2.56 bits per heavy atom. The topological polar surface area (TPSA) is 130 Å². The third-order valence-corrected chi connectivity index (χ3v) is 6.33. The van der Waals surface area contributed by atoms with Gasteiger partial charge in [0.2, 0.25) is 10.0 Å². The van der Waals surface area contributed by atoms with E-state index in [2.05, 4.69) is 0 Å². The Hall–Kier alpha value is -3.75. The second-order valence-electron chi connectivity index (χ2n) is 7.50. The molecule has 1 amide bonds. The van der Waals surface area contributed by atoms with Crippen molar-refractivity contribution < 1.29 is 13.2 Å². The van der Waals surface area contributed by atoms with Gasteiger partial charge in [0, 0.05) is 29.4 Å². The Morgan fingerprint density at radius 1 is 1.03 bits per heavy atom. The maximum absolute atomic E-state index is 12.8. The summed E-state index contributed by atoms with van der Waals surface area (Å²) in [6.45, 7) is 0.534. The molecular formula is C24H22N4O3S. The third kappa shape index (κ3) is 4.32. The third-order valence-electron chi connectivity index (χ3n) is 5.36. The van der Waals surface area contributed by atoms with Crippen molar-refractivity contribution in [2.45, 2.75) is 11.3 Å². The molecule has 0 bridgehead atoms. The van der Waals surface area contributed by atoms with Crippen molar-refractivity contribution in [3.63, 3.8) is 0 Å².